The summed E-state index contributed by atoms with van der Waals surface area (Å²) < 4.78 is 23.0. The van der Waals surface area contributed by atoms with E-state index >= 15 is 0 Å². The van der Waals surface area contributed by atoms with Gasteiger partial charge in [0.1, 0.15) is 5.75 Å². The van der Waals surface area contributed by atoms with Gasteiger partial charge in [0.15, 0.2) is 6.10 Å². The molecule has 1 aromatic heterocycles. The molecule has 3 heterocycles. The summed E-state index contributed by atoms with van der Waals surface area (Å²) >= 11 is 0. The third-order valence-electron chi connectivity index (χ3n) is 5.93. The van der Waals surface area contributed by atoms with Gasteiger partial charge in [0.2, 0.25) is 5.88 Å². The molecule has 0 N–H and O–H groups in total. The number of amides is 2. The summed E-state index contributed by atoms with van der Waals surface area (Å²) in [5, 5.41) is 0. The number of anilines is 1. The largest absolute Gasteiger partial charge is 0.479 e. The molecule has 1 saturated heterocycles. The summed E-state index contributed by atoms with van der Waals surface area (Å²) in [5.74, 6) is 1.66. The first-order chi connectivity index (χ1) is 15.5. The quantitative estimate of drug-likeness (QED) is 0.607. The van der Waals surface area contributed by atoms with Crippen LogP contribution in [0.5, 0.6) is 11.6 Å². The van der Waals surface area contributed by atoms with Gasteiger partial charge in [-0.3, -0.25) is 13.8 Å². The Bertz CT molecular complexity index is 1070. The fourth-order valence-electron chi connectivity index (χ4n) is 4.03. The van der Waals surface area contributed by atoms with Crippen LogP contribution in [0, 0.1) is 5.92 Å². The molecule has 1 aliphatic carbocycles. The second kappa shape index (κ2) is 8.54. The third kappa shape index (κ3) is 4.34. The van der Waals surface area contributed by atoms with Gasteiger partial charge in [-0.15, -0.1) is 0 Å². The fourth-order valence-corrected chi connectivity index (χ4v) is 4.68. The van der Waals surface area contributed by atoms with Crippen molar-refractivity contribution in [3.05, 3.63) is 47.7 Å². The lowest BCUT2D eigenvalue weighted by Gasteiger charge is -2.18. The van der Waals surface area contributed by atoms with Crippen molar-refractivity contribution < 1.29 is 23.3 Å². The Morgan fingerprint density at radius 2 is 2.00 bits per heavy atom. The number of rotatable bonds is 8. The Morgan fingerprint density at radius 1 is 1.16 bits per heavy atom. The zero-order chi connectivity index (χ0) is 22.2. The Morgan fingerprint density at radius 3 is 2.72 bits per heavy atom. The maximum absolute atomic E-state index is 13.0. The molecule has 168 valence electrons. The van der Waals surface area contributed by atoms with E-state index < -0.39 is 16.9 Å². The van der Waals surface area contributed by atoms with Crippen LogP contribution in [-0.2, 0) is 22.1 Å². The first kappa shape index (κ1) is 20.9. The molecule has 0 bridgehead atoms. The number of hydrogen-bond acceptors (Lipinski definition) is 6. The van der Waals surface area contributed by atoms with Crippen LogP contribution in [-0.4, -0.2) is 57.3 Å². The number of benzene rings is 1. The normalized spacial score (nSPS) is 21.1. The summed E-state index contributed by atoms with van der Waals surface area (Å²) in [6.07, 6.45) is 5.55. The Balaban J connectivity index is 1.23. The highest BCUT2D eigenvalue weighted by atomic mass is 32.2. The third-order valence-corrected chi connectivity index (χ3v) is 6.60. The van der Waals surface area contributed by atoms with E-state index in [0.29, 0.717) is 54.9 Å². The highest BCUT2D eigenvalue weighted by Crippen LogP contribution is 2.31. The van der Waals surface area contributed by atoms with Gasteiger partial charge < -0.3 is 19.3 Å². The number of carbonyl (C=O) groups excluding carboxylic acids is 2. The van der Waals surface area contributed by atoms with Crippen LogP contribution < -0.4 is 14.4 Å². The number of aromatic nitrogens is 1. The number of fused-ring (bicyclic) bond motifs is 1. The van der Waals surface area contributed by atoms with Gasteiger partial charge in [0.05, 0.1) is 18.7 Å². The number of hydrogen-bond donors (Lipinski definition) is 0. The van der Waals surface area contributed by atoms with E-state index in [0.717, 1.165) is 5.56 Å². The molecular weight excluding hydrogens is 430 g/mol. The molecule has 8 nitrogen and oxygen atoms in total. The van der Waals surface area contributed by atoms with E-state index in [1.54, 1.807) is 40.5 Å². The van der Waals surface area contributed by atoms with Crippen LogP contribution in [0.1, 0.15) is 35.2 Å². The van der Waals surface area contributed by atoms with Crippen molar-refractivity contribution in [1.82, 2.24) is 9.88 Å². The van der Waals surface area contributed by atoms with Crippen molar-refractivity contribution in [2.45, 2.75) is 31.9 Å². The predicted octanol–water partition coefficient (Wildman–Crippen LogP) is 2.35. The Hall–Kier alpha value is -2.94. The zero-order valence-electron chi connectivity index (χ0n) is 17.9. The summed E-state index contributed by atoms with van der Waals surface area (Å²) in [6, 6.07) is 9.00. The van der Waals surface area contributed by atoms with Gasteiger partial charge in [0.25, 0.3) is 11.8 Å². The molecule has 2 aliphatic heterocycles. The lowest BCUT2D eigenvalue weighted by Crippen LogP contribution is -2.32. The Labute approximate surface area is 189 Å². The van der Waals surface area contributed by atoms with Crippen molar-refractivity contribution in [3.63, 3.8) is 0 Å². The van der Waals surface area contributed by atoms with Crippen LogP contribution in [0.3, 0.4) is 0 Å². The lowest BCUT2D eigenvalue weighted by molar-refractivity contribution is -0.122. The van der Waals surface area contributed by atoms with E-state index in [4.69, 9.17) is 9.47 Å². The van der Waals surface area contributed by atoms with Crippen molar-refractivity contribution in [2.75, 3.05) is 30.2 Å². The number of pyridine rings is 1. The monoisotopic (exact) mass is 455 g/mol. The van der Waals surface area contributed by atoms with Gasteiger partial charge >= 0.3 is 0 Å². The maximum Gasteiger partial charge on any atom is 0.268 e. The van der Waals surface area contributed by atoms with E-state index in [2.05, 4.69) is 4.98 Å². The molecule has 9 heteroatoms. The SMILES string of the molecule is CS(=O)CN1Cc2ccc(N3CC[C@@H](Oc4ccc(OCC5CC5)nc4)C3=O)cc2C1=O. The van der Waals surface area contributed by atoms with Crippen LogP contribution in [0.25, 0.3) is 0 Å². The molecule has 0 spiro atoms. The van der Waals surface area contributed by atoms with E-state index in [1.165, 1.54) is 12.8 Å². The first-order valence-electron chi connectivity index (χ1n) is 10.8. The minimum atomic E-state index is -1.09. The van der Waals surface area contributed by atoms with E-state index in [1.807, 2.05) is 12.1 Å². The molecule has 2 amide bonds. The molecule has 0 radical (unpaired) electrons. The summed E-state index contributed by atoms with van der Waals surface area (Å²) in [5.41, 5.74) is 2.13. The number of carbonyl (C=O) groups is 2. The van der Waals surface area contributed by atoms with Crippen LogP contribution in [0.2, 0.25) is 0 Å². The molecule has 2 atom stereocenters. The smallest absolute Gasteiger partial charge is 0.268 e. The molecule has 2 fully saturated rings. The second-order valence-corrected chi connectivity index (χ2v) is 9.92. The van der Waals surface area contributed by atoms with E-state index in [-0.39, 0.29) is 17.7 Å². The number of ether oxygens (including phenoxy) is 2. The molecule has 1 aromatic carbocycles. The second-order valence-electron chi connectivity index (χ2n) is 8.52. The van der Waals surface area contributed by atoms with Crippen molar-refractivity contribution in [1.29, 1.82) is 0 Å². The molecule has 2 aromatic rings. The molecule has 3 aliphatic rings. The molecular formula is C23H25N3O5S. The summed E-state index contributed by atoms with van der Waals surface area (Å²) in [4.78, 5) is 33.1. The standard InChI is InChI=1S/C23H25N3O5S/c1-32(29)14-25-12-16-4-5-17(10-19(16)22(25)27)26-9-8-20(23(26)28)31-18-6-7-21(24-11-18)30-13-15-2-3-15/h4-7,10-11,15,20H,2-3,8-9,12-14H2,1H3/t20-,32?/m1/s1. The lowest BCUT2D eigenvalue weighted by atomic mass is 10.1. The van der Waals surface area contributed by atoms with Gasteiger partial charge in [-0.2, -0.15) is 0 Å². The van der Waals surface area contributed by atoms with Gasteiger partial charge in [-0.1, -0.05) is 6.07 Å². The first-order valence-corrected chi connectivity index (χ1v) is 12.5. The van der Waals surface area contributed by atoms with Gasteiger partial charge in [0, 0.05) is 53.9 Å². The summed E-state index contributed by atoms with van der Waals surface area (Å²) in [7, 11) is -1.09. The molecule has 32 heavy (non-hydrogen) atoms. The minimum absolute atomic E-state index is 0.143. The zero-order valence-corrected chi connectivity index (χ0v) is 18.7. The van der Waals surface area contributed by atoms with Gasteiger partial charge in [-0.05, 0) is 42.5 Å². The van der Waals surface area contributed by atoms with Gasteiger partial charge in [-0.25, -0.2) is 4.98 Å². The highest BCUT2D eigenvalue weighted by Gasteiger charge is 2.36. The summed E-state index contributed by atoms with van der Waals surface area (Å²) in [6.45, 7) is 1.65. The molecule has 1 unspecified atom stereocenters. The average molecular weight is 456 g/mol. The topological polar surface area (TPSA) is 89.0 Å². The van der Waals surface area contributed by atoms with Crippen LogP contribution in [0.4, 0.5) is 5.69 Å². The van der Waals surface area contributed by atoms with Crippen LogP contribution >= 0.6 is 0 Å². The number of nitrogens with zero attached hydrogens (tertiary/aromatic N) is 3. The molecule has 1 saturated carbocycles. The maximum atomic E-state index is 13.0. The van der Waals surface area contributed by atoms with Crippen LogP contribution in [0.15, 0.2) is 36.5 Å². The van der Waals surface area contributed by atoms with Crippen molar-refractivity contribution in [3.8, 4) is 11.6 Å². The predicted molar refractivity (Wildman–Crippen MR) is 119 cm³/mol. The minimum Gasteiger partial charge on any atom is -0.479 e. The average Bonchev–Trinajstić information content (AvgIpc) is 3.48. The Kier molecular flexibility index (Phi) is 5.58. The fraction of sp³-hybridized carbons (Fsp3) is 0.435. The van der Waals surface area contributed by atoms with Crippen molar-refractivity contribution in [2.24, 2.45) is 5.92 Å². The van der Waals surface area contributed by atoms with E-state index in [9.17, 15) is 13.8 Å². The highest BCUT2D eigenvalue weighted by molar-refractivity contribution is 7.84. The van der Waals surface area contributed by atoms with Crippen molar-refractivity contribution >= 4 is 28.3 Å². The molecule has 5 rings (SSSR count).